The average molecular weight is 361 g/mol. The van der Waals surface area contributed by atoms with Crippen LogP contribution < -0.4 is 10.6 Å². The molecule has 1 aliphatic rings. The van der Waals surface area contributed by atoms with Gasteiger partial charge in [-0.15, -0.1) is 0 Å². The second-order valence-corrected chi connectivity index (χ2v) is 7.58. The van der Waals surface area contributed by atoms with E-state index in [9.17, 15) is 9.59 Å². The number of rotatable bonds is 8. The second-order valence-electron chi connectivity index (χ2n) is 7.58. The van der Waals surface area contributed by atoms with Crippen LogP contribution in [0, 0.1) is 11.8 Å². The Hall–Kier alpha value is -2.08. The first-order valence-electron chi connectivity index (χ1n) is 9.43. The van der Waals surface area contributed by atoms with Crippen molar-refractivity contribution in [2.45, 2.75) is 45.7 Å². The SMILES string of the molecule is CC(C)CC(CNC(=O)N1CCC(C(=O)O)C1)NC(C)c1ccccc1. The molecule has 1 fully saturated rings. The summed E-state index contributed by atoms with van der Waals surface area (Å²) in [6.07, 6.45) is 1.48. The van der Waals surface area contributed by atoms with Crippen molar-refractivity contribution >= 4 is 12.0 Å². The predicted octanol–water partition coefficient (Wildman–Crippen LogP) is 2.87. The zero-order chi connectivity index (χ0) is 19.1. The van der Waals surface area contributed by atoms with E-state index in [1.165, 1.54) is 5.56 Å². The largest absolute Gasteiger partial charge is 0.481 e. The minimum atomic E-state index is -0.823. The van der Waals surface area contributed by atoms with Crippen molar-refractivity contribution in [2.24, 2.45) is 11.8 Å². The molecular formula is C20H31N3O3. The molecule has 3 atom stereocenters. The van der Waals surface area contributed by atoms with E-state index >= 15 is 0 Å². The summed E-state index contributed by atoms with van der Waals surface area (Å²) in [5.41, 5.74) is 1.22. The van der Waals surface area contributed by atoms with Crippen LogP contribution >= 0.6 is 0 Å². The number of carboxylic acids is 1. The van der Waals surface area contributed by atoms with Gasteiger partial charge in [0.25, 0.3) is 0 Å². The molecule has 1 heterocycles. The summed E-state index contributed by atoms with van der Waals surface area (Å²) in [6.45, 7) is 7.80. The molecule has 0 spiro atoms. The number of nitrogens with zero attached hydrogens (tertiary/aromatic N) is 1. The summed E-state index contributed by atoms with van der Waals surface area (Å²) in [4.78, 5) is 25.0. The smallest absolute Gasteiger partial charge is 0.317 e. The number of hydrogen-bond donors (Lipinski definition) is 3. The molecule has 6 heteroatoms. The van der Waals surface area contributed by atoms with Gasteiger partial charge in [0, 0.05) is 31.7 Å². The number of urea groups is 1. The number of carbonyl (C=O) groups excluding carboxylic acids is 1. The van der Waals surface area contributed by atoms with E-state index in [4.69, 9.17) is 5.11 Å². The van der Waals surface area contributed by atoms with Crippen molar-refractivity contribution in [1.82, 2.24) is 15.5 Å². The first-order valence-corrected chi connectivity index (χ1v) is 9.43. The Bertz CT molecular complexity index is 591. The van der Waals surface area contributed by atoms with Crippen LogP contribution in [-0.4, -0.2) is 47.7 Å². The molecule has 3 unspecified atom stereocenters. The Morgan fingerprint density at radius 3 is 2.50 bits per heavy atom. The van der Waals surface area contributed by atoms with Gasteiger partial charge in [0.15, 0.2) is 0 Å². The number of benzene rings is 1. The van der Waals surface area contributed by atoms with Crippen molar-refractivity contribution in [2.75, 3.05) is 19.6 Å². The highest BCUT2D eigenvalue weighted by atomic mass is 16.4. The average Bonchev–Trinajstić information content (AvgIpc) is 3.10. The fourth-order valence-corrected chi connectivity index (χ4v) is 3.44. The van der Waals surface area contributed by atoms with Crippen LogP contribution in [0.2, 0.25) is 0 Å². The van der Waals surface area contributed by atoms with E-state index < -0.39 is 11.9 Å². The standard InChI is InChI=1S/C20H31N3O3/c1-14(2)11-18(22-15(3)16-7-5-4-6-8-16)12-21-20(26)23-10-9-17(13-23)19(24)25/h4-8,14-15,17-18,22H,9-13H2,1-3H3,(H,21,26)(H,24,25). The summed E-state index contributed by atoms with van der Waals surface area (Å²) >= 11 is 0. The molecular weight excluding hydrogens is 330 g/mol. The normalized spacial score (nSPS) is 19.4. The molecule has 2 amide bonds. The number of carboxylic acid groups (broad SMARTS) is 1. The van der Waals surface area contributed by atoms with E-state index in [0.29, 0.717) is 32.0 Å². The molecule has 0 saturated carbocycles. The zero-order valence-corrected chi connectivity index (χ0v) is 15.9. The minimum absolute atomic E-state index is 0.159. The van der Waals surface area contributed by atoms with Crippen molar-refractivity contribution in [3.63, 3.8) is 0 Å². The molecule has 3 N–H and O–H groups in total. The molecule has 1 aromatic rings. The molecule has 6 nitrogen and oxygen atoms in total. The van der Waals surface area contributed by atoms with Crippen LogP contribution in [0.5, 0.6) is 0 Å². The Morgan fingerprint density at radius 1 is 1.23 bits per heavy atom. The summed E-state index contributed by atoms with van der Waals surface area (Å²) < 4.78 is 0. The number of carbonyl (C=O) groups is 2. The van der Waals surface area contributed by atoms with Gasteiger partial charge in [-0.25, -0.2) is 4.79 Å². The molecule has 144 valence electrons. The highest BCUT2D eigenvalue weighted by Gasteiger charge is 2.31. The van der Waals surface area contributed by atoms with Crippen molar-refractivity contribution < 1.29 is 14.7 Å². The molecule has 0 aromatic heterocycles. The van der Waals surface area contributed by atoms with E-state index in [1.54, 1.807) is 4.90 Å². The molecule has 0 radical (unpaired) electrons. The lowest BCUT2D eigenvalue weighted by atomic mass is 10.0. The molecule has 26 heavy (non-hydrogen) atoms. The summed E-state index contributed by atoms with van der Waals surface area (Å²) in [5, 5.41) is 15.7. The first-order chi connectivity index (χ1) is 12.4. The Morgan fingerprint density at radius 2 is 1.92 bits per heavy atom. The van der Waals surface area contributed by atoms with E-state index in [0.717, 1.165) is 6.42 Å². The van der Waals surface area contributed by atoms with Crippen molar-refractivity contribution in [3.05, 3.63) is 35.9 Å². The van der Waals surface area contributed by atoms with Crippen LogP contribution in [0.1, 0.15) is 45.2 Å². The maximum atomic E-state index is 12.4. The number of amides is 2. The fourth-order valence-electron chi connectivity index (χ4n) is 3.44. The van der Waals surface area contributed by atoms with E-state index in [2.05, 4.69) is 43.5 Å². The summed E-state index contributed by atoms with van der Waals surface area (Å²) in [6, 6.07) is 10.4. The highest BCUT2D eigenvalue weighted by Crippen LogP contribution is 2.17. The van der Waals surface area contributed by atoms with Gasteiger partial charge in [-0.3, -0.25) is 4.79 Å². The molecule has 1 saturated heterocycles. The Balaban J connectivity index is 1.87. The quantitative estimate of drug-likeness (QED) is 0.665. The predicted molar refractivity (Wildman–Crippen MR) is 102 cm³/mol. The van der Waals surface area contributed by atoms with Gasteiger partial charge in [0.1, 0.15) is 0 Å². The van der Waals surface area contributed by atoms with Crippen molar-refractivity contribution in [3.8, 4) is 0 Å². The summed E-state index contributed by atoms with van der Waals surface area (Å²) in [7, 11) is 0. The zero-order valence-electron chi connectivity index (χ0n) is 15.9. The third-order valence-electron chi connectivity index (χ3n) is 4.87. The van der Waals surface area contributed by atoms with Crippen LogP contribution in [0.25, 0.3) is 0 Å². The monoisotopic (exact) mass is 361 g/mol. The maximum Gasteiger partial charge on any atom is 0.317 e. The van der Waals surface area contributed by atoms with Gasteiger partial charge in [-0.1, -0.05) is 44.2 Å². The summed E-state index contributed by atoms with van der Waals surface area (Å²) in [5.74, 6) is -0.754. The lowest BCUT2D eigenvalue weighted by molar-refractivity contribution is -0.141. The Kier molecular flexibility index (Phi) is 7.45. The molecule has 2 rings (SSSR count). The Labute approximate surface area is 156 Å². The van der Waals surface area contributed by atoms with E-state index in [-0.39, 0.29) is 18.1 Å². The van der Waals surface area contributed by atoms with Crippen LogP contribution in [0.15, 0.2) is 30.3 Å². The van der Waals surface area contributed by atoms with Gasteiger partial charge >= 0.3 is 12.0 Å². The molecule has 0 aliphatic carbocycles. The number of likely N-dealkylation sites (tertiary alicyclic amines) is 1. The van der Waals surface area contributed by atoms with Gasteiger partial charge in [-0.2, -0.15) is 0 Å². The van der Waals surface area contributed by atoms with Gasteiger partial charge in [-0.05, 0) is 31.2 Å². The minimum Gasteiger partial charge on any atom is -0.481 e. The third-order valence-corrected chi connectivity index (χ3v) is 4.87. The molecule has 1 aromatic carbocycles. The number of aliphatic carboxylic acids is 1. The molecule has 0 bridgehead atoms. The molecule has 1 aliphatic heterocycles. The van der Waals surface area contributed by atoms with Gasteiger partial charge < -0.3 is 20.6 Å². The van der Waals surface area contributed by atoms with Crippen LogP contribution in [-0.2, 0) is 4.79 Å². The van der Waals surface area contributed by atoms with Gasteiger partial charge in [0.05, 0.1) is 5.92 Å². The fraction of sp³-hybridized carbons (Fsp3) is 0.600. The van der Waals surface area contributed by atoms with Gasteiger partial charge in [0.2, 0.25) is 0 Å². The lowest BCUT2D eigenvalue weighted by Gasteiger charge is -2.26. The van der Waals surface area contributed by atoms with E-state index in [1.807, 2.05) is 18.2 Å². The van der Waals surface area contributed by atoms with Crippen LogP contribution in [0.4, 0.5) is 4.79 Å². The lowest BCUT2D eigenvalue weighted by Crippen LogP contribution is -2.46. The third kappa shape index (κ3) is 6.02. The van der Waals surface area contributed by atoms with Crippen molar-refractivity contribution in [1.29, 1.82) is 0 Å². The number of nitrogens with one attached hydrogen (secondary N) is 2. The maximum absolute atomic E-state index is 12.4. The highest BCUT2D eigenvalue weighted by molar-refractivity contribution is 5.77. The second kappa shape index (κ2) is 9.57. The first kappa shape index (κ1) is 20.2. The van der Waals surface area contributed by atoms with Crippen LogP contribution in [0.3, 0.4) is 0 Å². The topological polar surface area (TPSA) is 81.7 Å². The number of hydrogen-bond acceptors (Lipinski definition) is 3.